The molecule has 112 valence electrons. The molecule has 1 N–H and O–H groups in total. The summed E-state index contributed by atoms with van der Waals surface area (Å²) in [4.78, 5) is 23.6. The number of hydrogen-bond acceptors (Lipinski definition) is 5. The third kappa shape index (κ3) is 3.13. The van der Waals surface area contributed by atoms with E-state index < -0.39 is 11.9 Å². The lowest BCUT2D eigenvalue weighted by molar-refractivity contribution is 0.0557. The van der Waals surface area contributed by atoms with E-state index in [2.05, 4.69) is 4.74 Å². The second-order valence-electron chi connectivity index (χ2n) is 3.85. The molecule has 0 amide bonds. The molecular formula is C16H18O5. The molecule has 0 atom stereocenters. The summed E-state index contributed by atoms with van der Waals surface area (Å²) in [5, 5.41) is 10.8. The molecule has 2 rings (SSSR count). The SMILES string of the molecule is CC.COC(=O)c1cc(O)c2ccccc2c1C(=O)OC. The fraction of sp³-hybridized carbons (Fsp3) is 0.250. The Labute approximate surface area is 123 Å². The zero-order valence-electron chi connectivity index (χ0n) is 12.5. The Hall–Kier alpha value is -2.56. The van der Waals surface area contributed by atoms with E-state index in [1.807, 2.05) is 13.8 Å². The average Bonchev–Trinajstić information content (AvgIpc) is 2.55. The van der Waals surface area contributed by atoms with Crippen LogP contribution in [0.3, 0.4) is 0 Å². The predicted molar refractivity (Wildman–Crippen MR) is 79.6 cm³/mol. The summed E-state index contributed by atoms with van der Waals surface area (Å²) in [6, 6.07) is 7.92. The second-order valence-corrected chi connectivity index (χ2v) is 3.85. The normalized spacial score (nSPS) is 9.52. The monoisotopic (exact) mass is 290 g/mol. The number of phenols is 1. The van der Waals surface area contributed by atoms with E-state index in [4.69, 9.17) is 4.74 Å². The molecule has 0 spiro atoms. The van der Waals surface area contributed by atoms with Gasteiger partial charge in [0.15, 0.2) is 0 Å². The number of benzene rings is 2. The Kier molecular flexibility index (Phi) is 5.72. The third-order valence-electron chi connectivity index (χ3n) is 2.82. The highest BCUT2D eigenvalue weighted by molar-refractivity contribution is 6.14. The summed E-state index contributed by atoms with van der Waals surface area (Å²) >= 11 is 0. The van der Waals surface area contributed by atoms with E-state index in [-0.39, 0.29) is 16.9 Å². The van der Waals surface area contributed by atoms with E-state index in [1.54, 1.807) is 24.3 Å². The number of esters is 2. The number of phenolic OH excluding ortho intramolecular Hbond substituents is 1. The Balaban J connectivity index is 0.00000106. The molecule has 0 unspecified atom stereocenters. The molecule has 5 heteroatoms. The first kappa shape index (κ1) is 16.5. The topological polar surface area (TPSA) is 72.8 Å². The summed E-state index contributed by atoms with van der Waals surface area (Å²) in [6.45, 7) is 4.00. The lowest BCUT2D eigenvalue weighted by Crippen LogP contribution is -2.12. The Morgan fingerprint density at radius 1 is 0.952 bits per heavy atom. The van der Waals surface area contributed by atoms with Crippen molar-refractivity contribution in [1.82, 2.24) is 0 Å². The molecule has 2 aromatic rings. The Morgan fingerprint density at radius 3 is 2.00 bits per heavy atom. The highest BCUT2D eigenvalue weighted by Crippen LogP contribution is 2.31. The van der Waals surface area contributed by atoms with Crippen LogP contribution in [0.1, 0.15) is 34.6 Å². The quantitative estimate of drug-likeness (QED) is 0.860. The van der Waals surface area contributed by atoms with E-state index in [1.165, 1.54) is 20.3 Å². The molecule has 0 aliphatic rings. The Bertz CT molecular complexity index is 661. The van der Waals surface area contributed by atoms with Gasteiger partial charge < -0.3 is 14.6 Å². The smallest absolute Gasteiger partial charge is 0.339 e. The molecule has 0 saturated heterocycles. The maximum atomic E-state index is 11.9. The minimum absolute atomic E-state index is 0.0226. The van der Waals surface area contributed by atoms with Crippen LogP contribution in [-0.2, 0) is 9.47 Å². The molecule has 0 fully saturated rings. The first-order chi connectivity index (χ1) is 10.1. The zero-order valence-corrected chi connectivity index (χ0v) is 12.5. The number of ether oxygens (including phenoxy) is 2. The van der Waals surface area contributed by atoms with Crippen molar-refractivity contribution in [1.29, 1.82) is 0 Å². The van der Waals surface area contributed by atoms with Crippen LogP contribution in [0, 0.1) is 0 Å². The van der Waals surface area contributed by atoms with Crippen molar-refractivity contribution in [3.8, 4) is 5.75 Å². The van der Waals surface area contributed by atoms with Crippen LogP contribution in [-0.4, -0.2) is 31.3 Å². The minimum Gasteiger partial charge on any atom is -0.507 e. The first-order valence-corrected chi connectivity index (χ1v) is 6.51. The number of carbonyl (C=O) groups excluding carboxylic acids is 2. The van der Waals surface area contributed by atoms with Gasteiger partial charge in [0.1, 0.15) is 5.75 Å². The third-order valence-corrected chi connectivity index (χ3v) is 2.82. The van der Waals surface area contributed by atoms with Crippen LogP contribution in [0.5, 0.6) is 5.75 Å². The van der Waals surface area contributed by atoms with Crippen molar-refractivity contribution < 1.29 is 24.2 Å². The van der Waals surface area contributed by atoms with Crippen LogP contribution < -0.4 is 0 Å². The lowest BCUT2D eigenvalue weighted by atomic mass is 9.98. The van der Waals surface area contributed by atoms with Crippen molar-refractivity contribution in [2.24, 2.45) is 0 Å². The van der Waals surface area contributed by atoms with Crippen LogP contribution in [0.15, 0.2) is 30.3 Å². The van der Waals surface area contributed by atoms with Gasteiger partial charge in [-0.15, -0.1) is 0 Å². The summed E-state index contributed by atoms with van der Waals surface area (Å²) < 4.78 is 9.31. The maximum Gasteiger partial charge on any atom is 0.339 e. The molecule has 21 heavy (non-hydrogen) atoms. The first-order valence-electron chi connectivity index (χ1n) is 6.51. The van der Waals surface area contributed by atoms with Crippen molar-refractivity contribution in [2.75, 3.05) is 14.2 Å². The molecule has 0 heterocycles. The molecule has 0 aliphatic carbocycles. The minimum atomic E-state index is -0.707. The van der Waals surface area contributed by atoms with Gasteiger partial charge in [-0.25, -0.2) is 9.59 Å². The molecule has 5 nitrogen and oxygen atoms in total. The summed E-state index contributed by atoms with van der Waals surface area (Å²) in [6.07, 6.45) is 0. The van der Waals surface area contributed by atoms with E-state index in [0.717, 1.165) is 0 Å². The molecular weight excluding hydrogens is 272 g/mol. The predicted octanol–water partition coefficient (Wildman–Crippen LogP) is 3.14. The van der Waals surface area contributed by atoms with E-state index in [9.17, 15) is 14.7 Å². The van der Waals surface area contributed by atoms with Gasteiger partial charge in [-0.3, -0.25) is 0 Å². The van der Waals surface area contributed by atoms with E-state index in [0.29, 0.717) is 10.8 Å². The fourth-order valence-corrected chi connectivity index (χ4v) is 1.95. The van der Waals surface area contributed by atoms with Crippen molar-refractivity contribution >= 4 is 22.7 Å². The summed E-state index contributed by atoms with van der Waals surface area (Å²) in [7, 11) is 2.43. The number of carbonyl (C=O) groups is 2. The van der Waals surface area contributed by atoms with Gasteiger partial charge >= 0.3 is 11.9 Å². The van der Waals surface area contributed by atoms with E-state index >= 15 is 0 Å². The van der Waals surface area contributed by atoms with Crippen molar-refractivity contribution in [3.63, 3.8) is 0 Å². The van der Waals surface area contributed by atoms with Gasteiger partial charge in [0.2, 0.25) is 0 Å². The standard InChI is InChI=1S/C14H12O5.C2H6/c1-18-13(16)10-7-11(15)8-5-3-4-6-9(8)12(10)14(17)19-2;1-2/h3-7,15H,1-2H3;1-2H3. The average molecular weight is 290 g/mol. The molecule has 2 aromatic carbocycles. The molecule has 0 aromatic heterocycles. The number of rotatable bonds is 2. The van der Waals surface area contributed by atoms with Gasteiger partial charge in [0.25, 0.3) is 0 Å². The number of hydrogen-bond donors (Lipinski definition) is 1. The van der Waals surface area contributed by atoms with Crippen LogP contribution in [0.2, 0.25) is 0 Å². The maximum absolute atomic E-state index is 11.9. The summed E-state index contributed by atoms with van der Waals surface area (Å²) in [5.74, 6) is -1.46. The van der Waals surface area contributed by atoms with Gasteiger partial charge in [0.05, 0.1) is 25.3 Å². The zero-order chi connectivity index (χ0) is 16.0. The van der Waals surface area contributed by atoms with Gasteiger partial charge in [0, 0.05) is 10.8 Å². The van der Waals surface area contributed by atoms with Crippen molar-refractivity contribution in [2.45, 2.75) is 13.8 Å². The fourth-order valence-electron chi connectivity index (χ4n) is 1.95. The highest BCUT2D eigenvalue weighted by atomic mass is 16.5. The molecule has 0 bridgehead atoms. The number of methoxy groups -OCH3 is 2. The lowest BCUT2D eigenvalue weighted by Gasteiger charge is -2.11. The van der Waals surface area contributed by atoms with Gasteiger partial charge in [-0.1, -0.05) is 38.1 Å². The second kappa shape index (κ2) is 7.28. The van der Waals surface area contributed by atoms with Crippen LogP contribution >= 0.6 is 0 Å². The summed E-state index contributed by atoms with van der Waals surface area (Å²) in [5.41, 5.74) is 0.0632. The highest BCUT2D eigenvalue weighted by Gasteiger charge is 2.23. The molecule has 0 saturated carbocycles. The van der Waals surface area contributed by atoms with Gasteiger partial charge in [-0.05, 0) is 6.07 Å². The van der Waals surface area contributed by atoms with Crippen molar-refractivity contribution in [3.05, 3.63) is 41.5 Å². The Morgan fingerprint density at radius 2 is 1.48 bits per heavy atom. The molecule has 0 radical (unpaired) electrons. The largest absolute Gasteiger partial charge is 0.507 e. The van der Waals surface area contributed by atoms with Crippen LogP contribution in [0.25, 0.3) is 10.8 Å². The van der Waals surface area contributed by atoms with Crippen LogP contribution in [0.4, 0.5) is 0 Å². The number of fused-ring (bicyclic) bond motifs is 1. The molecule has 0 aliphatic heterocycles. The van der Waals surface area contributed by atoms with Gasteiger partial charge in [-0.2, -0.15) is 0 Å². The number of aromatic hydroxyl groups is 1.